The molecule has 4 rings (SSSR count). The molecule has 0 unspecified atom stereocenters. The minimum atomic E-state index is 0.878. The maximum Gasteiger partial charge on any atom is 0.118 e. The number of benzene rings is 3. The van der Waals surface area contributed by atoms with Gasteiger partial charge in [0.15, 0.2) is 0 Å². The van der Waals surface area contributed by atoms with Gasteiger partial charge in [-0.1, -0.05) is 66.7 Å². The highest BCUT2D eigenvalue weighted by Gasteiger charge is 2.19. The van der Waals surface area contributed by atoms with Gasteiger partial charge < -0.3 is 4.74 Å². The molecule has 0 saturated carbocycles. The summed E-state index contributed by atoms with van der Waals surface area (Å²) in [5.74, 6) is 0.878. The first kappa shape index (κ1) is 14.5. The molecule has 3 aromatic rings. The molecule has 0 saturated heterocycles. The molecule has 0 atom stereocenters. The molecule has 3 aromatic carbocycles. The van der Waals surface area contributed by atoms with E-state index in [9.17, 15) is 0 Å². The molecule has 0 N–H and O–H groups in total. The smallest absolute Gasteiger partial charge is 0.118 e. The second kappa shape index (κ2) is 6.21. The summed E-state index contributed by atoms with van der Waals surface area (Å²) < 4.78 is 5.25. The van der Waals surface area contributed by atoms with Gasteiger partial charge in [-0.25, -0.2) is 0 Å². The Morgan fingerprint density at radius 2 is 1.46 bits per heavy atom. The van der Waals surface area contributed by atoms with Gasteiger partial charge in [0.1, 0.15) is 5.75 Å². The van der Waals surface area contributed by atoms with Gasteiger partial charge in [-0.3, -0.25) is 0 Å². The van der Waals surface area contributed by atoms with Gasteiger partial charge in [-0.15, -0.1) is 0 Å². The van der Waals surface area contributed by atoms with Gasteiger partial charge in [0.2, 0.25) is 0 Å². The first-order valence-corrected chi connectivity index (χ1v) is 8.08. The molecule has 0 heterocycles. The average Bonchev–Trinajstić information content (AvgIpc) is 3.02. The maximum absolute atomic E-state index is 5.25. The Morgan fingerprint density at radius 3 is 2.21 bits per heavy atom. The van der Waals surface area contributed by atoms with Crippen LogP contribution in [0.15, 0.2) is 78.9 Å². The molecule has 0 aromatic heterocycles. The second-order valence-electron chi connectivity index (χ2n) is 5.84. The Balaban J connectivity index is 1.83. The molecule has 116 valence electrons. The number of fused-ring (bicyclic) bond motifs is 1. The number of rotatable bonds is 3. The van der Waals surface area contributed by atoms with E-state index in [4.69, 9.17) is 4.74 Å². The molecule has 1 heteroatoms. The normalized spacial score (nSPS) is 14.4. The van der Waals surface area contributed by atoms with Crippen LogP contribution in [0.5, 0.6) is 5.75 Å². The lowest BCUT2D eigenvalue weighted by molar-refractivity contribution is 0.415. The minimum Gasteiger partial charge on any atom is -0.497 e. The first-order chi connectivity index (χ1) is 11.8. The molecular weight excluding hydrogens is 292 g/mol. The summed E-state index contributed by atoms with van der Waals surface area (Å²) in [6, 6.07) is 27.3. The van der Waals surface area contributed by atoms with Gasteiger partial charge in [0.05, 0.1) is 7.11 Å². The number of methoxy groups -OCH3 is 1. The van der Waals surface area contributed by atoms with Crippen LogP contribution in [0.2, 0.25) is 0 Å². The third-order valence-electron chi connectivity index (χ3n) is 4.35. The lowest BCUT2D eigenvalue weighted by Crippen LogP contribution is -1.87. The number of allylic oxidation sites excluding steroid dienone is 2. The Hall–Kier alpha value is -3.06. The zero-order valence-electron chi connectivity index (χ0n) is 13.6. The van der Waals surface area contributed by atoms with Crippen LogP contribution in [-0.2, 0) is 0 Å². The zero-order valence-corrected chi connectivity index (χ0v) is 13.6. The van der Waals surface area contributed by atoms with Crippen LogP contribution in [0, 0.1) is 0 Å². The van der Waals surface area contributed by atoms with Crippen molar-refractivity contribution in [3.05, 3.63) is 101 Å². The summed E-state index contributed by atoms with van der Waals surface area (Å²) in [4.78, 5) is 0. The van der Waals surface area contributed by atoms with Crippen LogP contribution in [0.4, 0.5) is 0 Å². The van der Waals surface area contributed by atoms with Crippen LogP contribution >= 0.6 is 0 Å². The largest absolute Gasteiger partial charge is 0.497 e. The topological polar surface area (TPSA) is 9.23 Å². The molecule has 24 heavy (non-hydrogen) atoms. The van der Waals surface area contributed by atoms with Gasteiger partial charge >= 0.3 is 0 Å². The Bertz CT molecular complexity index is 916. The van der Waals surface area contributed by atoms with Gasteiger partial charge in [-0.2, -0.15) is 0 Å². The van der Waals surface area contributed by atoms with Crippen molar-refractivity contribution in [2.45, 2.75) is 0 Å². The molecule has 0 fully saturated rings. The van der Waals surface area contributed by atoms with Crippen LogP contribution in [0.25, 0.3) is 23.3 Å². The number of hydrogen-bond acceptors (Lipinski definition) is 1. The third-order valence-corrected chi connectivity index (χ3v) is 4.35. The van der Waals surface area contributed by atoms with E-state index in [1.165, 1.54) is 33.4 Å². The molecule has 1 nitrogen and oxygen atoms in total. The van der Waals surface area contributed by atoms with E-state index in [-0.39, 0.29) is 0 Å². The molecule has 0 amide bonds. The van der Waals surface area contributed by atoms with Gasteiger partial charge in [-0.05, 0) is 57.7 Å². The summed E-state index contributed by atoms with van der Waals surface area (Å²) in [5.41, 5.74) is 7.51. The van der Waals surface area contributed by atoms with Crippen molar-refractivity contribution in [2.24, 2.45) is 0 Å². The third kappa shape index (κ3) is 2.65. The monoisotopic (exact) mass is 310 g/mol. The Kier molecular flexibility index (Phi) is 3.76. The van der Waals surface area contributed by atoms with Crippen molar-refractivity contribution >= 4 is 23.3 Å². The highest BCUT2D eigenvalue weighted by Crippen LogP contribution is 2.42. The Morgan fingerprint density at radius 1 is 0.750 bits per heavy atom. The lowest BCUT2D eigenvalue weighted by atomic mass is 9.95. The Labute approximate surface area is 142 Å². The SMILES string of the molecule is COc1ccc(/C=C2\C(c3ccccc3)=Cc3ccccc32)cc1. The molecule has 0 bridgehead atoms. The van der Waals surface area contributed by atoms with Crippen molar-refractivity contribution in [3.8, 4) is 5.75 Å². The van der Waals surface area contributed by atoms with E-state index in [0.29, 0.717) is 0 Å². The first-order valence-electron chi connectivity index (χ1n) is 8.08. The predicted molar refractivity (Wildman–Crippen MR) is 102 cm³/mol. The molecule has 1 aliphatic carbocycles. The maximum atomic E-state index is 5.25. The molecule has 1 aliphatic rings. The highest BCUT2D eigenvalue weighted by molar-refractivity contribution is 6.21. The summed E-state index contributed by atoms with van der Waals surface area (Å²) in [7, 11) is 1.69. The second-order valence-corrected chi connectivity index (χ2v) is 5.84. The molecule has 0 spiro atoms. The molecular formula is C23H18O. The summed E-state index contributed by atoms with van der Waals surface area (Å²) in [5, 5.41) is 0. The summed E-state index contributed by atoms with van der Waals surface area (Å²) >= 11 is 0. The fourth-order valence-corrected chi connectivity index (χ4v) is 3.13. The van der Waals surface area contributed by atoms with Gasteiger partial charge in [0.25, 0.3) is 0 Å². The summed E-state index contributed by atoms with van der Waals surface area (Å²) in [6.07, 6.45) is 4.53. The average molecular weight is 310 g/mol. The van der Waals surface area contributed by atoms with Crippen LogP contribution in [0.3, 0.4) is 0 Å². The minimum absolute atomic E-state index is 0.878. The molecule has 0 aliphatic heterocycles. The number of ether oxygens (including phenoxy) is 1. The standard InChI is InChI=1S/C23H18O/c1-24-20-13-11-17(12-14-20)15-23-21-10-6-5-9-19(21)16-22(23)18-7-3-2-4-8-18/h2-16H,1H3/b23-15-. The van der Waals surface area contributed by atoms with Crippen molar-refractivity contribution in [1.29, 1.82) is 0 Å². The van der Waals surface area contributed by atoms with Crippen LogP contribution in [-0.4, -0.2) is 7.11 Å². The molecule has 0 radical (unpaired) electrons. The fraction of sp³-hybridized carbons (Fsp3) is 0.0435. The van der Waals surface area contributed by atoms with Crippen molar-refractivity contribution in [2.75, 3.05) is 7.11 Å². The van der Waals surface area contributed by atoms with Gasteiger partial charge in [0, 0.05) is 0 Å². The van der Waals surface area contributed by atoms with Crippen molar-refractivity contribution in [3.63, 3.8) is 0 Å². The predicted octanol–water partition coefficient (Wildman–Crippen LogP) is 5.79. The summed E-state index contributed by atoms with van der Waals surface area (Å²) in [6.45, 7) is 0. The van der Waals surface area contributed by atoms with E-state index in [1.807, 2.05) is 12.1 Å². The quantitative estimate of drug-likeness (QED) is 0.595. The van der Waals surface area contributed by atoms with E-state index in [0.717, 1.165) is 5.75 Å². The van der Waals surface area contributed by atoms with Crippen LogP contribution in [0.1, 0.15) is 22.3 Å². The lowest BCUT2D eigenvalue weighted by Gasteiger charge is -2.09. The highest BCUT2D eigenvalue weighted by atomic mass is 16.5. The van der Waals surface area contributed by atoms with Crippen LogP contribution < -0.4 is 4.74 Å². The van der Waals surface area contributed by atoms with E-state index < -0.39 is 0 Å². The zero-order chi connectivity index (χ0) is 16.4. The van der Waals surface area contributed by atoms with Crippen molar-refractivity contribution < 1.29 is 4.74 Å². The van der Waals surface area contributed by atoms with E-state index in [2.05, 4.69) is 78.9 Å². The van der Waals surface area contributed by atoms with Crippen molar-refractivity contribution in [1.82, 2.24) is 0 Å². The number of hydrogen-bond donors (Lipinski definition) is 0. The van der Waals surface area contributed by atoms with E-state index >= 15 is 0 Å². The van der Waals surface area contributed by atoms with E-state index in [1.54, 1.807) is 7.11 Å². The fourth-order valence-electron chi connectivity index (χ4n) is 3.13.